The molecule has 3 rings (SSSR count). The Morgan fingerprint density at radius 2 is 1.87 bits per heavy atom. The van der Waals surface area contributed by atoms with E-state index in [4.69, 9.17) is 11.2 Å². The summed E-state index contributed by atoms with van der Waals surface area (Å²) in [6, 6.07) is 0.636. The average Bonchev–Trinajstić information content (AvgIpc) is 3.39. The average molecular weight is 318 g/mol. The molecule has 1 amide bonds. The van der Waals surface area contributed by atoms with E-state index in [1.165, 1.54) is 0 Å². The second-order valence-electron chi connectivity index (χ2n) is 6.65. The van der Waals surface area contributed by atoms with Gasteiger partial charge in [0.25, 0.3) is 0 Å². The number of rotatable bonds is 6. The van der Waals surface area contributed by atoms with E-state index in [1.54, 1.807) is 0 Å². The van der Waals surface area contributed by atoms with Gasteiger partial charge in [-0.1, -0.05) is 0 Å². The molecule has 0 aromatic rings. The Morgan fingerprint density at radius 1 is 1.17 bits per heavy atom. The van der Waals surface area contributed by atoms with Gasteiger partial charge < -0.3 is 9.64 Å². The molecular weight excluding hydrogens is 292 g/mol. The van der Waals surface area contributed by atoms with Crippen molar-refractivity contribution in [3.63, 3.8) is 0 Å². The molecular formula is C17H26N4O2. The lowest BCUT2D eigenvalue weighted by molar-refractivity contribution is -0.133. The number of terminal acetylenes is 1. The molecule has 0 aliphatic carbocycles. The highest BCUT2D eigenvalue weighted by Crippen LogP contribution is 2.37. The van der Waals surface area contributed by atoms with Crippen LogP contribution in [0.2, 0.25) is 0 Å². The number of carbonyl (C=O) groups is 1. The first kappa shape index (κ1) is 16.4. The molecule has 3 heterocycles. The molecule has 0 saturated carbocycles. The van der Waals surface area contributed by atoms with Crippen LogP contribution >= 0.6 is 0 Å². The van der Waals surface area contributed by atoms with Crippen LogP contribution in [0.5, 0.6) is 0 Å². The minimum Gasteiger partial charge on any atom is -0.381 e. The number of piperazine rings is 1. The van der Waals surface area contributed by atoms with E-state index in [1.807, 2.05) is 4.90 Å². The van der Waals surface area contributed by atoms with Crippen molar-refractivity contribution in [3.8, 4) is 12.3 Å². The largest absolute Gasteiger partial charge is 0.381 e. The Hall–Kier alpha value is -1.45. The van der Waals surface area contributed by atoms with E-state index in [0.29, 0.717) is 25.3 Å². The van der Waals surface area contributed by atoms with Crippen LogP contribution in [0.15, 0.2) is 10.2 Å². The fraction of sp³-hybridized carbons (Fsp3) is 0.824. The first-order valence-corrected chi connectivity index (χ1v) is 8.69. The van der Waals surface area contributed by atoms with Crippen LogP contribution in [0.4, 0.5) is 0 Å². The summed E-state index contributed by atoms with van der Waals surface area (Å²) in [7, 11) is 0. The molecule has 0 spiro atoms. The second kappa shape index (κ2) is 7.41. The predicted octanol–water partition coefficient (Wildman–Crippen LogP) is 1.67. The van der Waals surface area contributed by atoms with Crippen LogP contribution in [0.3, 0.4) is 0 Å². The number of amides is 1. The molecule has 6 heteroatoms. The molecule has 0 aromatic heterocycles. The highest BCUT2D eigenvalue weighted by Gasteiger charge is 2.39. The molecule has 0 unspecified atom stereocenters. The fourth-order valence-electron chi connectivity index (χ4n) is 3.52. The molecule has 6 nitrogen and oxygen atoms in total. The van der Waals surface area contributed by atoms with Gasteiger partial charge in [0.15, 0.2) is 5.66 Å². The van der Waals surface area contributed by atoms with Crippen LogP contribution in [0, 0.1) is 12.3 Å². The zero-order valence-corrected chi connectivity index (χ0v) is 13.7. The predicted molar refractivity (Wildman–Crippen MR) is 86.9 cm³/mol. The Kier molecular flexibility index (Phi) is 5.29. The van der Waals surface area contributed by atoms with Crippen LogP contribution < -0.4 is 0 Å². The van der Waals surface area contributed by atoms with Gasteiger partial charge in [0.05, 0.1) is 0 Å². The molecule has 126 valence electrons. The van der Waals surface area contributed by atoms with Crippen molar-refractivity contribution < 1.29 is 9.53 Å². The molecule has 0 radical (unpaired) electrons. The van der Waals surface area contributed by atoms with Gasteiger partial charge in [-0.15, -0.1) is 12.3 Å². The third kappa shape index (κ3) is 4.30. The zero-order valence-electron chi connectivity index (χ0n) is 13.7. The minimum absolute atomic E-state index is 0.231. The lowest BCUT2D eigenvalue weighted by atomic mass is 10.0. The molecule has 23 heavy (non-hydrogen) atoms. The summed E-state index contributed by atoms with van der Waals surface area (Å²) in [6.45, 7) is 5.37. The van der Waals surface area contributed by atoms with Gasteiger partial charge in [0.2, 0.25) is 5.91 Å². The van der Waals surface area contributed by atoms with Crippen LogP contribution in [-0.4, -0.2) is 66.8 Å². The van der Waals surface area contributed by atoms with Crippen molar-refractivity contribution in [2.75, 3.05) is 39.4 Å². The Bertz CT molecular complexity index is 479. The van der Waals surface area contributed by atoms with Crippen molar-refractivity contribution in [1.82, 2.24) is 9.80 Å². The van der Waals surface area contributed by atoms with Gasteiger partial charge in [-0.2, -0.15) is 10.2 Å². The summed E-state index contributed by atoms with van der Waals surface area (Å²) in [6.07, 6.45) is 10.2. The maximum atomic E-state index is 12.4. The van der Waals surface area contributed by atoms with E-state index in [9.17, 15) is 4.79 Å². The summed E-state index contributed by atoms with van der Waals surface area (Å²) in [4.78, 5) is 16.9. The third-order valence-electron chi connectivity index (χ3n) is 5.17. The summed E-state index contributed by atoms with van der Waals surface area (Å²) in [5, 5.41) is 8.20. The molecule has 2 fully saturated rings. The van der Waals surface area contributed by atoms with Crippen molar-refractivity contribution in [1.29, 1.82) is 0 Å². The maximum Gasteiger partial charge on any atom is 0.222 e. The molecule has 0 N–H and O–H groups in total. The topological polar surface area (TPSA) is 57.5 Å². The number of ether oxygens (including phenoxy) is 1. The highest BCUT2D eigenvalue weighted by atomic mass is 16.5. The van der Waals surface area contributed by atoms with Crippen LogP contribution in [0.1, 0.15) is 38.5 Å². The molecule has 0 aromatic carbocycles. The lowest BCUT2D eigenvalue weighted by Gasteiger charge is -2.40. The van der Waals surface area contributed by atoms with Gasteiger partial charge in [-0.3, -0.25) is 9.69 Å². The number of carbonyl (C=O) groups excluding carboxylic acids is 1. The highest BCUT2D eigenvalue weighted by molar-refractivity contribution is 5.76. The quantitative estimate of drug-likeness (QED) is 0.700. The summed E-state index contributed by atoms with van der Waals surface area (Å²) >= 11 is 0. The molecule has 3 aliphatic heterocycles. The summed E-state index contributed by atoms with van der Waals surface area (Å²) < 4.78 is 5.43. The van der Waals surface area contributed by atoms with Gasteiger partial charge in [-0.05, 0) is 12.8 Å². The number of nitrogens with zero attached hydrogens (tertiary/aromatic N) is 4. The maximum absolute atomic E-state index is 12.4. The van der Waals surface area contributed by atoms with Crippen molar-refractivity contribution in [2.45, 2.75) is 50.2 Å². The van der Waals surface area contributed by atoms with Crippen LogP contribution in [0.25, 0.3) is 0 Å². The van der Waals surface area contributed by atoms with E-state index in [0.717, 1.165) is 58.7 Å². The molecule has 3 aliphatic rings. The standard InChI is InChI=1S/C17H26N4O2/c1-2-3-7-17(18-19-17)8-4-16(22)21-11-9-20(10-12-21)15-5-13-23-14-6-15/h1,15H,3-14H2. The minimum atomic E-state index is -0.341. The van der Waals surface area contributed by atoms with E-state index >= 15 is 0 Å². The first-order valence-electron chi connectivity index (χ1n) is 8.69. The SMILES string of the molecule is C#CCCC1(CCC(=O)N2CCN(C3CCOCC3)CC2)N=N1. The summed E-state index contributed by atoms with van der Waals surface area (Å²) in [5.74, 6) is 2.85. The zero-order chi connectivity index (χ0) is 16.1. The molecule has 0 bridgehead atoms. The lowest BCUT2D eigenvalue weighted by Crippen LogP contribution is -2.53. The van der Waals surface area contributed by atoms with Crippen molar-refractivity contribution in [2.24, 2.45) is 10.2 Å². The normalized spacial score (nSPS) is 24.4. The Balaban J connectivity index is 1.37. The molecule has 2 saturated heterocycles. The number of hydrogen-bond donors (Lipinski definition) is 0. The summed E-state index contributed by atoms with van der Waals surface area (Å²) in [5.41, 5.74) is -0.341. The van der Waals surface area contributed by atoms with Gasteiger partial charge in [-0.25, -0.2) is 0 Å². The van der Waals surface area contributed by atoms with Crippen molar-refractivity contribution in [3.05, 3.63) is 0 Å². The van der Waals surface area contributed by atoms with Gasteiger partial charge in [0, 0.05) is 71.1 Å². The first-order chi connectivity index (χ1) is 11.2. The van der Waals surface area contributed by atoms with Gasteiger partial charge >= 0.3 is 0 Å². The molecule has 0 atom stereocenters. The third-order valence-corrected chi connectivity index (χ3v) is 5.17. The fourth-order valence-corrected chi connectivity index (χ4v) is 3.52. The monoisotopic (exact) mass is 318 g/mol. The van der Waals surface area contributed by atoms with E-state index in [-0.39, 0.29) is 11.6 Å². The smallest absolute Gasteiger partial charge is 0.222 e. The second-order valence-corrected chi connectivity index (χ2v) is 6.65. The van der Waals surface area contributed by atoms with Gasteiger partial charge in [0.1, 0.15) is 0 Å². The number of hydrogen-bond acceptors (Lipinski definition) is 5. The van der Waals surface area contributed by atoms with Crippen LogP contribution in [-0.2, 0) is 9.53 Å². The van der Waals surface area contributed by atoms with Crippen molar-refractivity contribution >= 4 is 5.91 Å². The Labute approximate surface area is 138 Å². The van der Waals surface area contributed by atoms with E-state index < -0.39 is 0 Å². The Morgan fingerprint density at radius 3 is 2.48 bits per heavy atom. The van der Waals surface area contributed by atoms with E-state index in [2.05, 4.69) is 21.0 Å².